The lowest BCUT2D eigenvalue weighted by Crippen LogP contribution is -2.47. The van der Waals surface area contributed by atoms with Crippen molar-refractivity contribution in [3.63, 3.8) is 0 Å². The smallest absolute Gasteiger partial charge is 0.316 e. The Morgan fingerprint density at radius 3 is 2.44 bits per heavy atom. The van der Waals surface area contributed by atoms with Crippen LogP contribution in [0.1, 0.15) is 0 Å². The van der Waals surface area contributed by atoms with E-state index >= 15 is 0 Å². The summed E-state index contributed by atoms with van der Waals surface area (Å²) in [5.41, 5.74) is 0. The highest BCUT2D eigenvalue weighted by Crippen LogP contribution is 2.09. The molecule has 1 aliphatic rings. The summed E-state index contributed by atoms with van der Waals surface area (Å²) in [7, 11) is 1.67. The first-order valence-electron chi connectivity index (χ1n) is 2.72. The zero-order valence-corrected chi connectivity index (χ0v) is 5.89. The van der Waals surface area contributed by atoms with E-state index in [1.54, 1.807) is 7.05 Å². The molecule has 0 saturated carbocycles. The third-order valence-corrected chi connectivity index (χ3v) is 1.71. The van der Waals surface area contributed by atoms with Crippen molar-refractivity contribution in [3.05, 3.63) is 0 Å². The normalized spacial score (nSPS) is 18.9. The van der Waals surface area contributed by atoms with E-state index in [9.17, 15) is 4.79 Å². The van der Waals surface area contributed by atoms with Crippen molar-refractivity contribution in [2.24, 2.45) is 0 Å². The minimum atomic E-state index is -0.414. The topological polar surface area (TPSA) is 29.5 Å². The number of rotatable bonds is 1. The van der Waals surface area contributed by atoms with Gasteiger partial charge in [0.15, 0.2) is 0 Å². The summed E-state index contributed by atoms with van der Waals surface area (Å²) in [5.74, 6) is 0. The van der Waals surface area contributed by atoms with Crippen molar-refractivity contribution in [1.29, 1.82) is 0 Å². The molecule has 0 aromatic carbocycles. The number of carbonyl (C=O) groups is 1. The average Bonchev–Trinajstić information content (AvgIpc) is 1.60. The van der Waals surface area contributed by atoms with Crippen LogP contribution in [0.5, 0.6) is 0 Å². The largest absolute Gasteiger partial charge is 0.377 e. The number of halogens is 1. The highest BCUT2D eigenvalue weighted by molar-refractivity contribution is 6.62. The minimum Gasteiger partial charge on any atom is -0.377 e. The van der Waals surface area contributed by atoms with Gasteiger partial charge in [-0.1, -0.05) is 0 Å². The summed E-state index contributed by atoms with van der Waals surface area (Å²) in [6.45, 7) is 1.24. The second kappa shape index (κ2) is 2.54. The Morgan fingerprint density at radius 1 is 1.78 bits per heavy atom. The fraction of sp³-hybridized carbons (Fsp3) is 0.800. The molecule has 0 aliphatic carbocycles. The fourth-order valence-corrected chi connectivity index (χ4v) is 0.728. The van der Waals surface area contributed by atoms with Gasteiger partial charge in [-0.25, -0.2) is 0 Å². The van der Waals surface area contributed by atoms with E-state index in [1.807, 2.05) is 0 Å². The number of likely N-dealkylation sites (N-methyl/N-ethyl adjacent to an activating group) is 1. The highest BCUT2D eigenvalue weighted by atomic mass is 35.5. The third kappa shape index (κ3) is 1.34. The van der Waals surface area contributed by atoms with Crippen molar-refractivity contribution in [3.8, 4) is 0 Å². The number of ether oxygens (including phenoxy) is 1. The average molecular weight is 150 g/mol. The Morgan fingerprint density at radius 2 is 2.33 bits per heavy atom. The molecule has 1 saturated heterocycles. The molecule has 0 spiro atoms. The molecule has 0 atom stereocenters. The standard InChI is InChI=1S/C5H8ClNO2/c1-7(5(6)8)4-2-9-3-4/h4H,2-3H2,1H3. The van der Waals surface area contributed by atoms with Crippen LogP contribution in [0.4, 0.5) is 4.79 Å². The van der Waals surface area contributed by atoms with E-state index in [4.69, 9.17) is 16.3 Å². The predicted octanol–water partition coefficient (Wildman–Crippen LogP) is 0.676. The van der Waals surface area contributed by atoms with Gasteiger partial charge in [-0.05, 0) is 11.6 Å². The van der Waals surface area contributed by atoms with Gasteiger partial charge in [-0.15, -0.1) is 0 Å². The lowest BCUT2D eigenvalue weighted by Gasteiger charge is -2.32. The monoisotopic (exact) mass is 149 g/mol. The third-order valence-electron chi connectivity index (χ3n) is 1.45. The number of hydrogen-bond donors (Lipinski definition) is 0. The van der Waals surface area contributed by atoms with Crippen LogP contribution in [-0.4, -0.2) is 36.6 Å². The maximum Gasteiger partial charge on any atom is 0.316 e. The Kier molecular flexibility index (Phi) is 1.93. The molecular weight excluding hydrogens is 142 g/mol. The van der Waals surface area contributed by atoms with Crippen LogP contribution >= 0.6 is 11.6 Å². The van der Waals surface area contributed by atoms with Crippen LogP contribution in [0, 0.1) is 0 Å². The summed E-state index contributed by atoms with van der Waals surface area (Å²) in [6, 6.07) is 0.204. The second-order valence-electron chi connectivity index (χ2n) is 2.06. The van der Waals surface area contributed by atoms with E-state index in [0.29, 0.717) is 13.2 Å². The first kappa shape index (κ1) is 6.83. The van der Waals surface area contributed by atoms with Gasteiger partial charge in [0.1, 0.15) is 0 Å². The first-order chi connectivity index (χ1) is 4.22. The zero-order valence-electron chi connectivity index (χ0n) is 5.13. The molecule has 0 N–H and O–H groups in total. The number of hydrogen-bond acceptors (Lipinski definition) is 2. The number of amides is 1. The molecule has 1 rings (SSSR count). The molecule has 4 heteroatoms. The van der Waals surface area contributed by atoms with Crippen molar-refractivity contribution >= 4 is 17.0 Å². The second-order valence-corrected chi connectivity index (χ2v) is 2.38. The van der Waals surface area contributed by atoms with Gasteiger partial charge >= 0.3 is 5.37 Å². The van der Waals surface area contributed by atoms with Crippen molar-refractivity contribution in [1.82, 2.24) is 4.90 Å². The lowest BCUT2D eigenvalue weighted by atomic mass is 10.2. The van der Waals surface area contributed by atoms with Gasteiger partial charge in [0, 0.05) is 7.05 Å². The molecule has 52 valence electrons. The Hall–Kier alpha value is -0.280. The Labute approximate surface area is 58.5 Å². The molecule has 1 heterocycles. The van der Waals surface area contributed by atoms with E-state index in [2.05, 4.69) is 0 Å². The molecular formula is C5H8ClNO2. The van der Waals surface area contributed by atoms with Gasteiger partial charge < -0.3 is 9.64 Å². The molecule has 1 amide bonds. The van der Waals surface area contributed by atoms with Crippen LogP contribution in [0.25, 0.3) is 0 Å². The quantitative estimate of drug-likeness (QED) is 0.405. The molecule has 3 nitrogen and oxygen atoms in total. The van der Waals surface area contributed by atoms with Gasteiger partial charge in [0.25, 0.3) is 0 Å². The van der Waals surface area contributed by atoms with E-state index in [1.165, 1.54) is 4.90 Å². The van der Waals surface area contributed by atoms with E-state index < -0.39 is 5.37 Å². The molecule has 0 radical (unpaired) electrons. The lowest BCUT2D eigenvalue weighted by molar-refractivity contribution is -0.0388. The molecule has 0 aromatic heterocycles. The Balaban J connectivity index is 2.32. The van der Waals surface area contributed by atoms with Crippen LogP contribution in [-0.2, 0) is 4.74 Å². The van der Waals surface area contributed by atoms with Crippen molar-refractivity contribution in [2.75, 3.05) is 20.3 Å². The Bertz CT molecular complexity index is 124. The van der Waals surface area contributed by atoms with Gasteiger partial charge in [0.2, 0.25) is 0 Å². The van der Waals surface area contributed by atoms with Gasteiger partial charge in [0.05, 0.1) is 19.3 Å². The minimum absolute atomic E-state index is 0.204. The molecule has 9 heavy (non-hydrogen) atoms. The summed E-state index contributed by atoms with van der Waals surface area (Å²) in [6.07, 6.45) is 0. The summed E-state index contributed by atoms with van der Waals surface area (Å²) in [5, 5.41) is -0.414. The van der Waals surface area contributed by atoms with Crippen LogP contribution < -0.4 is 0 Å². The number of nitrogens with zero attached hydrogens (tertiary/aromatic N) is 1. The van der Waals surface area contributed by atoms with E-state index in [0.717, 1.165) is 0 Å². The highest BCUT2D eigenvalue weighted by Gasteiger charge is 2.25. The van der Waals surface area contributed by atoms with Crippen LogP contribution in [0.15, 0.2) is 0 Å². The fourth-order valence-electron chi connectivity index (χ4n) is 0.590. The predicted molar refractivity (Wildman–Crippen MR) is 33.6 cm³/mol. The molecule has 0 aromatic rings. The summed E-state index contributed by atoms with van der Waals surface area (Å²) < 4.78 is 4.85. The van der Waals surface area contributed by atoms with Crippen LogP contribution in [0.3, 0.4) is 0 Å². The summed E-state index contributed by atoms with van der Waals surface area (Å²) >= 11 is 5.17. The van der Waals surface area contributed by atoms with Crippen molar-refractivity contribution < 1.29 is 9.53 Å². The van der Waals surface area contributed by atoms with E-state index in [-0.39, 0.29) is 6.04 Å². The molecule has 1 aliphatic heterocycles. The zero-order chi connectivity index (χ0) is 6.85. The summed E-state index contributed by atoms with van der Waals surface area (Å²) in [4.78, 5) is 11.9. The molecule has 0 bridgehead atoms. The number of carbonyl (C=O) groups excluding carboxylic acids is 1. The van der Waals surface area contributed by atoms with Gasteiger partial charge in [-0.2, -0.15) is 0 Å². The molecule has 1 fully saturated rings. The van der Waals surface area contributed by atoms with Crippen molar-refractivity contribution in [2.45, 2.75) is 6.04 Å². The first-order valence-corrected chi connectivity index (χ1v) is 3.09. The molecule has 0 unspecified atom stereocenters. The SMILES string of the molecule is CN(C(=O)Cl)C1COC1. The van der Waals surface area contributed by atoms with Gasteiger partial charge in [-0.3, -0.25) is 4.79 Å². The van der Waals surface area contributed by atoms with Crippen LogP contribution in [0.2, 0.25) is 0 Å². The maximum atomic E-state index is 10.4. The maximum absolute atomic E-state index is 10.4.